The van der Waals surface area contributed by atoms with Crippen molar-refractivity contribution < 1.29 is 14.3 Å². The lowest BCUT2D eigenvalue weighted by atomic mass is 9.65. The Labute approximate surface area is 182 Å². The molecule has 168 valence electrons. The summed E-state index contributed by atoms with van der Waals surface area (Å²) < 4.78 is 5.10. The third-order valence-corrected chi connectivity index (χ3v) is 7.30. The Bertz CT molecular complexity index is 533. The molecule has 3 unspecified atom stereocenters. The Morgan fingerprint density at radius 2 is 1.79 bits per heavy atom. The Balaban J connectivity index is 0.00000300. The lowest BCUT2D eigenvalue weighted by molar-refractivity contribution is -0.145. The summed E-state index contributed by atoms with van der Waals surface area (Å²) in [6.45, 7) is 7.75. The van der Waals surface area contributed by atoms with Crippen LogP contribution in [-0.2, 0) is 14.3 Å². The van der Waals surface area contributed by atoms with Crippen molar-refractivity contribution >= 4 is 24.3 Å². The molecule has 3 rings (SSSR count). The van der Waals surface area contributed by atoms with Crippen LogP contribution in [0.25, 0.3) is 0 Å². The van der Waals surface area contributed by atoms with Crippen LogP contribution in [0.3, 0.4) is 0 Å². The van der Waals surface area contributed by atoms with Gasteiger partial charge in [0.25, 0.3) is 0 Å². The topological polar surface area (TPSA) is 75.9 Å². The molecule has 1 saturated heterocycles. The zero-order chi connectivity index (χ0) is 20.1. The first-order valence-corrected chi connectivity index (χ1v) is 11.5. The number of halogens is 1. The van der Waals surface area contributed by atoms with E-state index in [0.29, 0.717) is 31.0 Å². The number of hydrogen-bond donors (Lipinski definition) is 1. The highest BCUT2D eigenvalue weighted by molar-refractivity contribution is 5.85. The molecule has 2 bridgehead atoms. The minimum atomic E-state index is -0.207. The first kappa shape index (κ1) is 24.4. The van der Waals surface area contributed by atoms with Gasteiger partial charge in [-0.25, -0.2) is 0 Å². The lowest BCUT2D eigenvalue weighted by Crippen LogP contribution is -2.51. The summed E-state index contributed by atoms with van der Waals surface area (Å²) in [6.07, 6.45) is 8.05. The van der Waals surface area contributed by atoms with Gasteiger partial charge in [0.2, 0.25) is 5.91 Å². The SMILES string of the molecule is CCOC(=O)CCN(CC1CCCN1CC)C(=O)C1CC2CCCC(C1)C2N.Cl. The molecule has 0 radical (unpaired) electrons. The number of carbonyl (C=O) groups excluding carboxylic acids is 2. The van der Waals surface area contributed by atoms with E-state index in [1.165, 1.54) is 12.8 Å². The maximum Gasteiger partial charge on any atom is 0.307 e. The Morgan fingerprint density at radius 1 is 1.10 bits per heavy atom. The Morgan fingerprint density at radius 3 is 2.41 bits per heavy atom. The summed E-state index contributed by atoms with van der Waals surface area (Å²) >= 11 is 0. The number of nitrogens with zero attached hydrogens (tertiary/aromatic N) is 2. The molecule has 6 nitrogen and oxygen atoms in total. The van der Waals surface area contributed by atoms with Gasteiger partial charge in [-0.05, 0) is 70.4 Å². The second-order valence-corrected chi connectivity index (χ2v) is 8.96. The summed E-state index contributed by atoms with van der Waals surface area (Å²) in [6, 6.07) is 0.692. The van der Waals surface area contributed by atoms with Crippen molar-refractivity contribution in [1.29, 1.82) is 0 Å². The zero-order valence-electron chi connectivity index (χ0n) is 18.2. The van der Waals surface area contributed by atoms with Crippen molar-refractivity contribution in [2.45, 2.75) is 77.3 Å². The number of hydrogen-bond acceptors (Lipinski definition) is 5. The van der Waals surface area contributed by atoms with Crippen LogP contribution in [0.4, 0.5) is 0 Å². The van der Waals surface area contributed by atoms with Gasteiger partial charge in [-0.3, -0.25) is 14.5 Å². The average molecular weight is 430 g/mol. The predicted molar refractivity (Wildman–Crippen MR) is 117 cm³/mol. The number of esters is 1. The van der Waals surface area contributed by atoms with Gasteiger partial charge in [-0.2, -0.15) is 0 Å². The smallest absolute Gasteiger partial charge is 0.307 e. The monoisotopic (exact) mass is 429 g/mol. The molecule has 7 heteroatoms. The van der Waals surface area contributed by atoms with Gasteiger partial charge in [0, 0.05) is 31.1 Å². The minimum absolute atomic E-state index is 0. The summed E-state index contributed by atoms with van der Waals surface area (Å²) in [5, 5.41) is 0. The molecule has 2 saturated carbocycles. The van der Waals surface area contributed by atoms with Gasteiger partial charge < -0.3 is 15.4 Å². The average Bonchev–Trinajstić information content (AvgIpc) is 3.11. The molecule has 0 aromatic heterocycles. The summed E-state index contributed by atoms with van der Waals surface area (Å²) in [7, 11) is 0. The normalized spacial score (nSPS) is 31.8. The number of likely N-dealkylation sites (tertiary alicyclic amines) is 1. The van der Waals surface area contributed by atoms with Crippen LogP contribution in [0.15, 0.2) is 0 Å². The van der Waals surface area contributed by atoms with E-state index in [4.69, 9.17) is 10.5 Å². The van der Waals surface area contributed by atoms with E-state index >= 15 is 0 Å². The van der Waals surface area contributed by atoms with Crippen LogP contribution in [0.5, 0.6) is 0 Å². The molecule has 1 aliphatic heterocycles. The Hall–Kier alpha value is -0.850. The van der Waals surface area contributed by atoms with E-state index in [1.54, 1.807) is 0 Å². The number of rotatable bonds is 8. The van der Waals surface area contributed by atoms with E-state index in [9.17, 15) is 9.59 Å². The molecule has 1 amide bonds. The van der Waals surface area contributed by atoms with Crippen LogP contribution in [-0.4, -0.2) is 66.5 Å². The third-order valence-electron chi connectivity index (χ3n) is 7.30. The van der Waals surface area contributed by atoms with Gasteiger partial charge >= 0.3 is 5.97 Å². The van der Waals surface area contributed by atoms with Gasteiger partial charge in [0.05, 0.1) is 13.0 Å². The zero-order valence-corrected chi connectivity index (χ0v) is 19.0. The molecule has 2 N–H and O–H groups in total. The fraction of sp³-hybridized carbons (Fsp3) is 0.909. The van der Waals surface area contributed by atoms with E-state index in [0.717, 1.165) is 51.7 Å². The number of likely N-dealkylation sites (N-methyl/N-ethyl adjacent to an activating group) is 1. The van der Waals surface area contributed by atoms with Crippen LogP contribution in [0, 0.1) is 17.8 Å². The van der Waals surface area contributed by atoms with Crippen LogP contribution >= 0.6 is 12.4 Å². The maximum atomic E-state index is 13.5. The molecule has 0 aromatic carbocycles. The van der Waals surface area contributed by atoms with E-state index in [2.05, 4.69) is 11.8 Å². The molecule has 3 atom stereocenters. The number of fused-ring (bicyclic) bond motifs is 2. The van der Waals surface area contributed by atoms with Gasteiger partial charge in [0.1, 0.15) is 0 Å². The molecular formula is C22H40ClN3O3. The van der Waals surface area contributed by atoms with E-state index in [-0.39, 0.29) is 42.7 Å². The molecule has 3 fully saturated rings. The fourth-order valence-corrected chi connectivity index (χ4v) is 5.77. The molecule has 3 aliphatic rings. The first-order chi connectivity index (χ1) is 13.5. The maximum absolute atomic E-state index is 13.5. The number of carbonyl (C=O) groups is 2. The van der Waals surface area contributed by atoms with E-state index in [1.807, 2.05) is 11.8 Å². The summed E-state index contributed by atoms with van der Waals surface area (Å²) in [5.74, 6) is 1.10. The van der Waals surface area contributed by atoms with Crippen LogP contribution < -0.4 is 5.73 Å². The van der Waals surface area contributed by atoms with Crippen molar-refractivity contribution in [2.24, 2.45) is 23.5 Å². The van der Waals surface area contributed by atoms with Crippen molar-refractivity contribution in [3.8, 4) is 0 Å². The fourth-order valence-electron chi connectivity index (χ4n) is 5.77. The Kier molecular flexibility index (Phi) is 9.70. The largest absolute Gasteiger partial charge is 0.466 e. The lowest BCUT2D eigenvalue weighted by Gasteiger charge is -2.44. The number of nitrogens with two attached hydrogens (primary N) is 1. The van der Waals surface area contributed by atoms with Crippen molar-refractivity contribution in [2.75, 3.05) is 32.8 Å². The molecule has 29 heavy (non-hydrogen) atoms. The van der Waals surface area contributed by atoms with Crippen LogP contribution in [0.1, 0.15) is 65.2 Å². The summed E-state index contributed by atoms with van der Waals surface area (Å²) in [4.78, 5) is 29.9. The standard InChI is InChI=1S/C22H39N3O3.ClH/c1-3-24-11-6-9-19(24)15-25(12-10-20(26)28-4-2)22(27)18-13-16-7-5-8-17(14-18)21(16)23;/h16-19,21H,3-15,23H2,1-2H3;1H. The highest BCUT2D eigenvalue weighted by atomic mass is 35.5. The van der Waals surface area contributed by atoms with Crippen LogP contribution in [0.2, 0.25) is 0 Å². The predicted octanol–water partition coefficient (Wildman–Crippen LogP) is 2.83. The van der Waals surface area contributed by atoms with Gasteiger partial charge in [-0.1, -0.05) is 13.3 Å². The van der Waals surface area contributed by atoms with E-state index < -0.39 is 0 Å². The molecule has 1 heterocycles. The van der Waals surface area contributed by atoms with Gasteiger partial charge in [-0.15, -0.1) is 12.4 Å². The number of amides is 1. The van der Waals surface area contributed by atoms with Gasteiger partial charge in [0.15, 0.2) is 0 Å². The van der Waals surface area contributed by atoms with Crippen molar-refractivity contribution in [3.05, 3.63) is 0 Å². The molecule has 0 aromatic rings. The second kappa shape index (κ2) is 11.5. The third kappa shape index (κ3) is 6.08. The second-order valence-electron chi connectivity index (χ2n) is 8.96. The molecular weight excluding hydrogens is 390 g/mol. The number of ether oxygens (including phenoxy) is 1. The first-order valence-electron chi connectivity index (χ1n) is 11.5. The van der Waals surface area contributed by atoms with Crippen molar-refractivity contribution in [3.63, 3.8) is 0 Å². The minimum Gasteiger partial charge on any atom is -0.466 e. The highest BCUT2D eigenvalue weighted by Gasteiger charge is 2.42. The summed E-state index contributed by atoms with van der Waals surface area (Å²) in [5.41, 5.74) is 6.43. The molecule has 0 spiro atoms. The molecule has 2 aliphatic carbocycles. The van der Waals surface area contributed by atoms with Crippen molar-refractivity contribution in [1.82, 2.24) is 9.80 Å². The quantitative estimate of drug-likeness (QED) is 0.600. The highest BCUT2D eigenvalue weighted by Crippen LogP contribution is 2.42.